The van der Waals surface area contributed by atoms with Crippen LogP contribution in [-0.2, 0) is 13.0 Å². The van der Waals surface area contributed by atoms with E-state index in [0.29, 0.717) is 35.5 Å². The Morgan fingerprint density at radius 2 is 2.05 bits per heavy atom. The van der Waals surface area contributed by atoms with Crippen molar-refractivity contribution in [3.05, 3.63) is 51.4 Å². The molecule has 19 heavy (non-hydrogen) atoms. The highest BCUT2D eigenvalue weighted by atomic mass is 32.1. The molecule has 98 valence electrons. The highest BCUT2D eigenvalue weighted by Gasteiger charge is 2.25. The zero-order valence-corrected chi connectivity index (χ0v) is 11.0. The highest BCUT2D eigenvalue weighted by molar-refractivity contribution is 7.80. The van der Waals surface area contributed by atoms with Gasteiger partial charge in [0.1, 0.15) is 0 Å². The van der Waals surface area contributed by atoms with E-state index in [4.69, 9.17) is 0 Å². The summed E-state index contributed by atoms with van der Waals surface area (Å²) in [4.78, 5) is 26.3. The number of benzene rings is 1. The van der Waals surface area contributed by atoms with Crippen molar-refractivity contribution in [2.24, 2.45) is 0 Å². The number of nitrogens with zero attached hydrogens (tertiary/aromatic N) is 1. The summed E-state index contributed by atoms with van der Waals surface area (Å²) in [6, 6.07) is 7.19. The van der Waals surface area contributed by atoms with E-state index in [9.17, 15) is 9.59 Å². The van der Waals surface area contributed by atoms with Crippen molar-refractivity contribution in [3.63, 3.8) is 0 Å². The number of aromatic amines is 2. The minimum absolute atomic E-state index is 0.0862. The number of aromatic nitrogens is 2. The van der Waals surface area contributed by atoms with Gasteiger partial charge in [-0.1, -0.05) is 12.1 Å². The number of carbonyl (C=O) groups excluding carboxylic acids is 1. The second-order valence-corrected chi connectivity index (χ2v) is 5.01. The van der Waals surface area contributed by atoms with E-state index in [-0.39, 0.29) is 11.5 Å². The first-order valence-electron chi connectivity index (χ1n) is 6.02. The summed E-state index contributed by atoms with van der Waals surface area (Å²) in [7, 11) is 0. The van der Waals surface area contributed by atoms with Gasteiger partial charge in [0.2, 0.25) is 0 Å². The quantitative estimate of drug-likeness (QED) is 0.684. The molecule has 0 atom stereocenters. The van der Waals surface area contributed by atoms with Gasteiger partial charge in [-0.2, -0.15) is 0 Å². The smallest absolute Gasteiger partial charge is 0.269 e. The van der Waals surface area contributed by atoms with E-state index >= 15 is 0 Å². The van der Waals surface area contributed by atoms with E-state index in [0.717, 1.165) is 5.69 Å². The molecule has 2 aromatic rings. The van der Waals surface area contributed by atoms with Crippen molar-refractivity contribution in [1.82, 2.24) is 15.1 Å². The monoisotopic (exact) mass is 275 g/mol. The second kappa shape index (κ2) is 4.62. The van der Waals surface area contributed by atoms with Crippen molar-refractivity contribution in [2.75, 3.05) is 6.54 Å². The number of fused-ring (bicyclic) bond motifs is 1. The van der Waals surface area contributed by atoms with Crippen LogP contribution in [0.2, 0.25) is 0 Å². The Bertz CT molecular complexity index is 689. The number of rotatable bonds is 1. The first kappa shape index (κ1) is 12.1. The van der Waals surface area contributed by atoms with E-state index in [1.165, 1.54) is 0 Å². The van der Waals surface area contributed by atoms with Gasteiger partial charge in [-0.05, 0) is 12.1 Å². The van der Waals surface area contributed by atoms with Gasteiger partial charge >= 0.3 is 0 Å². The summed E-state index contributed by atoms with van der Waals surface area (Å²) in [5.41, 5.74) is 1.97. The lowest BCUT2D eigenvalue weighted by Gasteiger charge is -2.26. The van der Waals surface area contributed by atoms with Crippen molar-refractivity contribution in [2.45, 2.75) is 17.9 Å². The van der Waals surface area contributed by atoms with E-state index in [1.54, 1.807) is 17.0 Å². The Kier molecular flexibility index (Phi) is 2.94. The maximum absolute atomic E-state index is 12.4. The molecule has 0 bridgehead atoms. The SMILES string of the molecule is O=C(c1ccccc1S)N1CCc2[nH][nH]c(=O)c2C1. The van der Waals surface area contributed by atoms with Crippen LogP contribution in [0.1, 0.15) is 21.6 Å². The predicted molar refractivity (Wildman–Crippen MR) is 73.6 cm³/mol. The fraction of sp³-hybridized carbons (Fsp3) is 0.231. The van der Waals surface area contributed by atoms with Crippen LogP contribution >= 0.6 is 12.6 Å². The van der Waals surface area contributed by atoms with E-state index < -0.39 is 0 Å². The first-order valence-corrected chi connectivity index (χ1v) is 6.47. The van der Waals surface area contributed by atoms with Crippen LogP contribution in [0, 0.1) is 0 Å². The number of amides is 1. The number of thiol groups is 1. The zero-order chi connectivity index (χ0) is 13.4. The third-order valence-corrected chi connectivity index (χ3v) is 3.76. The van der Waals surface area contributed by atoms with Gasteiger partial charge in [0.25, 0.3) is 11.5 Å². The second-order valence-electron chi connectivity index (χ2n) is 4.53. The van der Waals surface area contributed by atoms with Crippen LogP contribution in [0.4, 0.5) is 0 Å². The van der Waals surface area contributed by atoms with Crippen LogP contribution in [0.5, 0.6) is 0 Å². The molecule has 0 unspecified atom stereocenters. The Hall–Kier alpha value is -1.95. The van der Waals surface area contributed by atoms with Crippen LogP contribution in [0.3, 0.4) is 0 Å². The zero-order valence-electron chi connectivity index (χ0n) is 10.1. The summed E-state index contributed by atoms with van der Waals surface area (Å²) >= 11 is 4.30. The molecular formula is C13H13N3O2S. The van der Waals surface area contributed by atoms with Crippen molar-refractivity contribution in [3.8, 4) is 0 Å². The van der Waals surface area contributed by atoms with E-state index in [2.05, 4.69) is 22.8 Å². The molecule has 2 N–H and O–H groups in total. The molecule has 5 nitrogen and oxygen atoms in total. The average molecular weight is 275 g/mol. The van der Waals surface area contributed by atoms with Gasteiger partial charge in [0.15, 0.2) is 0 Å². The molecule has 0 radical (unpaired) electrons. The molecule has 1 aromatic heterocycles. The lowest BCUT2D eigenvalue weighted by Crippen LogP contribution is -2.37. The van der Waals surface area contributed by atoms with Crippen LogP contribution in [0.25, 0.3) is 0 Å². The molecule has 0 fully saturated rings. The van der Waals surface area contributed by atoms with E-state index in [1.807, 2.05) is 12.1 Å². The molecule has 1 aliphatic rings. The van der Waals surface area contributed by atoms with Crippen molar-refractivity contribution >= 4 is 18.5 Å². The van der Waals surface area contributed by atoms with Crippen molar-refractivity contribution in [1.29, 1.82) is 0 Å². The minimum atomic E-state index is -0.147. The molecule has 1 aliphatic heterocycles. The van der Waals surface area contributed by atoms with Crippen LogP contribution in [0.15, 0.2) is 34.0 Å². The lowest BCUT2D eigenvalue weighted by atomic mass is 10.1. The van der Waals surface area contributed by atoms with Crippen LogP contribution < -0.4 is 5.56 Å². The minimum Gasteiger partial charge on any atom is -0.334 e. The maximum Gasteiger partial charge on any atom is 0.269 e. The molecule has 0 saturated carbocycles. The Labute approximate surface area is 115 Å². The van der Waals surface area contributed by atoms with Crippen molar-refractivity contribution < 1.29 is 4.79 Å². The lowest BCUT2D eigenvalue weighted by molar-refractivity contribution is 0.0730. The summed E-state index contributed by atoms with van der Waals surface area (Å²) in [5.74, 6) is -0.0862. The molecule has 0 saturated heterocycles. The number of H-pyrrole nitrogens is 2. The average Bonchev–Trinajstić information content (AvgIpc) is 2.80. The third-order valence-electron chi connectivity index (χ3n) is 3.37. The van der Waals surface area contributed by atoms with Gasteiger partial charge < -0.3 is 10.00 Å². The number of hydrogen-bond acceptors (Lipinski definition) is 3. The summed E-state index contributed by atoms with van der Waals surface area (Å²) in [6.07, 6.45) is 0.661. The summed E-state index contributed by atoms with van der Waals surface area (Å²) < 4.78 is 0. The van der Waals surface area contributed by atoms with Gasteiger partial charge in [0.05, 0.1) is 17.7 Å². The van der Waals surface area contributed by atoms with Gasteiger partial charge in [-0.25, -0.2) is 0 Å². The topological polar surface area (TPSA) is 69.0 Å². The van der Waals surface area contributed by atoms with Gasteiger partial charge in [-0.3, -0.25) is 14.7 Å². The molecule has 3 rings (SSSR count). The van der Waals surface area contributed by atoms with Gasteiger partial charge in [-0.15, -0.1) is 12.6 Å². The molecule has 2 heterocycles. The molecule has 6 heteroatoms. The number of hydrogen-bond donors (Lipinski definition) is 3. The largest absolute Gasteiger partial charge is 0.334 e. The molecular weight excluding hydrogens is 262 g/mol. The van der Waals surface area contributed by atoms with Crippen LogP contribution in [-0.4, -0.2) is 27.5 Å². The number of carbonyl (C=O) groups is 1. The standard InChI is InChI=1S/C13H13N3O2S/c17-12-9-7-16(6-5-10(9)14-15-12)13(18)8-3-1-2-4-11(8)19/h1-4,19H,5-7H2,(H2,14,15,17). The highest BCUT2D eigenvalue weighted by Crippen LogP contribution is 2.19. The van der Waals surface area contributed by atoms with Gasteiger partial charge in [0, 0.05) is 23.6 Å². The molecule has 1 aromatic carbocycles. The summed E-state index contributed by atoms with van der Waals surface area (Å²) in [5, 5.41) is 5.40. The summed E-state index contributed by atoms with van der Waals surface area (Å²) in [6.45, 7) is 0.941. The normalized spacial score (nSPS) is 14.3. The Morgan fingerprint density at radius 3 is 2.84 bits per heavy atom. The predicted octanol–water partition coefficient (Wildman–Crippen LogP) is 1.19. The number of nitrogens with one attached hydrogen (secondary N) is 2. The Morgan fingerprint density at radius 1 is 1.26 bits per heavy atom. The first-order chi connectivity index (χ1) is 9.16. The fourth-order valence-electron chi connectivity index (χ4n) is 2.32. The fourth-order valence-corrected chi connectivity index (χ4v) is 2.57. The molecule has 0 spiro atoms. The molecule has 0 aliphatic carbocycles. The third kappa shape index (κ3) is 2.08. The molecule has 1 amide bonds. The Balaban J connectivity index is 1.89. The maximum atomic E-state index is 12.4.